The lowest BCUT2D eigenvalue weighted by Crippen LogP contribution is -2.49. The van der Waals surface area contributed by atoms with Crippen molar-refractivity contribution in [2.45, 2.75) is 19.5 Å². The molecule has 1 atom stereocenters. The van der Waals surface area contributed by atoms with Gasteiger partial charge in [0, 0.05) is 18.0 Å². The van der Waals surface area contributed by atoms with Crippen LogP contribution in [0.25, 0.3) is 11.0 Å². The van der Waals surface area contributed by atoms with Crippen LogP contribution in [0.15, 0.2) is 45.6 Å². The van der Waals surface area contributed by atoms with E-state index in [1.165, 1.54) is 6.07 Å². The van der Waals surface area contributed by atoms with Gasteiger partial charge in [0.1, 0.15) is 22.4 Å². The highest BCUT2D eigenvalue weighted by atomic mass is 35.5. The summed E-state index contributed by atoms with van der Waals surface area (Å²) < 4.78 is 21.1. The van der Waals surface area contributed by atoms with Crippen LogP contribution in [0.3, 0.4) is 0 Å². The highest BCUT2D eigenvalue weighted by Crippen LogP contribution is 2.32. The van der Waals surface area contributed by atoms with Crippen LogP contribution in [0.5, 0.6) is 17.2 Å². The van der Waals surface area contributed by atoms with Crippen molar-refractivity contribution in [3.8, 4) is 17.2 Å². The van der Waals surface area contributed by atoms with Gasteiger partial charge in [0.15, 0.2) is 18.1 Å². The van der Waals surface area contributed by atoms with Gasteiger partial charge in [-0.15, -0.1) is 0 Å². The van der Waals surface area contributed by atoms with Crippen molar-refractivity contribution in [3.05, 3.63) is 63.0 Å². The number of carbonyl (C=O) groups is 2. The molecule has 0 saturated carbocycles. The third kappa shape index (κ3) is 5.08. The molecule has 0 aliphatic carbocycles. The third-order valence-electron chi connectivity index (χ3n) is 5.18. The van der Waals surface area contributed by atoms with E-state index >= 15 is 0 Å². The summed E-state index contributed by atoms with van der Waals surface area (Å²) in [5.74, 6) is 0.310. The van der Waals surface area contributed by atoms with E-state index in [1.54, 1.807) is 37.3 Å². The highest BCUT2D eigenvalue weighted by molar-refractivity contribution is 6.31. The number of ether oxygens (including phenoxy) is 3. The number of hydrogen-bond acceptors (Lipinski definition) is 8. The minimum Gasteiger partial charge on any atom is -0.484 e. The molecule has 0 saturated heterocycles. The molecule has 2 amide bonds. The molecule has 2 aromatic carbocycles. The Morgan fingerprint density at radius 2 is 1.97 bits per heavy atom. The van der Waals surface area contributed by atoms with E-state index in [2.05, 4.69) is 10.6 Å². The van der Waals surface area contributed by atoms with Crippen LogP contribution in [0, 0.1) is 6.92 Å². The molecule has 11 heteroatoms. The molecule has 1 aromatic heterocycles. The fourth-order valence-electron chi connectivity index (χ4n) is 3.34. The molecule has 0 fully saturated rings. The fraction of sp³-hybridized carbons (Fsp3) is 0.261. The van der Waals surface area contributed by atoms with Gasteiger partial charge < -0.3 is 34.4 Å². The Hall–Kier alpha value is -3.76. The maximum absolute atomic E-state index is 12.4. The van der Waals surface area contributed by atoms with Crippen LogP contribution in [-0.2, 0) is 16.1 Å². The van der Waals surface area contributed by atoms with Crippen LogP contribution in [-0.4, -0.2) is 43.0 Å². The normalized spacial score (nSPS) is 12.9. The molecule has 4 rings (SSSR count). The van der Waals surface area contributed by atoms with E-state index in [0.29, 0.717) is 22.4 Å². The number of aliphatic hydroxyl groups is 1. The van der Waals surface area contributed by atoms with E-state index in [4.69, 9.17) is 30.2 Å². The largest absolute Gasteiger partial charge is 0.484 e. The molecule has 1 aliphatic rings. The Bertz CT molecular complexity index is 1310. The van der Waals surface area contributed by atoms with E-state index in [1.807, 2.05) is 0 Å². The summed E-state index contributed by atoms with van der Waals surface area (Å²) in [4.78, 5) is 36.4. The van der Waals surface area contributed by atoms with Gasteiger partial charge in [-0.05, 0) is 42.3 Å². The molecule has 34 heavy (non-hydrogen) atoms. The molecule has 1 aliphatic heterocycles. The summed E-state index contributed by atoms with van der Waals surface area (Å²) in [6.07, 6.45) is 0. The molecular weight excluding hydrogens is 468 g/mol. The van der Waals surface area contributed by atoms with Crippen molar-refractivity contribution in [2.24, 2.45) is 0 Å². The quantitative estimate of drug-likeness (QED) is 0.407. The second kappa shape index (κ2) is 10.0. The summed E-state index contributed by atoms with van der Waals surface area (Å²) in [7, 11) is 0. The maximum Gasteiger partial charge on any atom is 0.355 e. The molecule has 3 aromatic rings. The number of hydrogen-bond donors (Lipinski definition) is 3. The van der Waals surface area contributed by atoms with Gasteiger partial charge >= 0.3 is 5.63 Å². The van der Waals surface area contributed by atoms with Crippen molar-refractivity contribution in [3.63, 3.8) is 0 Å². The third-order valence-corrected chi connectivity index (χ3v) is 5.61. The van der Waals surface area contributed by atoms with Crippen LogP contribution in [0.2, 0.25) is 5.02 Å². The summed E-state index contributed by atoms with van der Waals surface area (Å²) in [6, 6.07) is 8.81. The zero-order valence-electron chi connectivity index (χ0n) is 18.1. The number of nitrogens with one attached hydrogen (secondary N) is 2. The summed E-state index contributed by atoms with van der Waals surface area (Å²) in [5, 5.41) is 15.3. The topological polar surface area (TPSA) is 136 Å². The molecule has 10 nitrogen and oxygen atoms in total. The number of fused-ring (bicyclic) bond motifs is 2. The first kappa shape index (κ1) is 23.4. The van der Waals surface area contributed by atoms with Gasteiger partial charge in [0.2, 0.25) is 12.7 Å². The smallest absolute Gasteiger partial charge is 0.355 e. The average molecular weight is 489 g/mol. The van der Waals surface area contributed by atoms with Gasteiger partial charge in [0.05, 0.1) is 6.61 Å². The molecule has 3 N–H and O–H groups in total. The zero-order valence-corrected chi connectivity index (χ0v) is 18.8. The standard InChI is InChI=1S/C23H21ClN2O8/c1-12-15-4-3-14(7-18(15)34-23(30)21(12)24)31-10-20(28)26-16(9-27)22(29)25-8-13-2-5-17-19(6-13)33-11-32-17/h2-7,16,27H,8-11H2,1H3,(H,25,29)(H,26,28). The molecule has 178 valence electrons. The SMILES string of the molecule is Cc1c(Cl)c(=O)oc2cc(OCC(=O)NC(CO)C(=O)NCc3ccc4c(c3)OCO4)ccc12. The molecular formula is C23H21ClN2O8. The Labute approximate surface area is 198 Å². The average Bonchev–Trinajstić information content (AvgIpc) is 3.31. The minimum absolute atomic E-state index is 0.00684. The predicted molar refractivity (Wildman–Crippen MR) is 121 cm³/mol. The van der Waals surface area contributed by atoms with E-state index in [0.717, 1.165) is 5.56 Å². The van der Waals surface area contributed by atoms with Gasteiger partial charge in [0.25, 0.3) is 5.91 Å². The zero-order chi connectivity index (χ0) is 24.2. The van der Waals surface area contributed by atoms with Crippen LogP contribution in [0.1, 0.15) is 11.1 Å². The molecule has 0 bridgehead atoms. The number of aryl methyl sites for hydroxylation is 1. The Kier molecular flexibility index (Phi) is 6.90. The first-order valence-corrected chi connectivity index (χ1v) is 10.7. The van der Waals surface area contributed by atoms with Crippen molar-refractivity contribution in [1.29, 1.82) is 0 Å². The molecule has 0 radical (unpaired) electrons. The highest BCUT2D eigenvalue weighted by Gasteiger charge is 2.21. The van der Waals surface area contributed by atoms with Gasteiger partial charge in [-0.3, -0.25) is 9.59 Å². The lowest BCUT2D eigenvalue weighted by atomic mass is 10.1. The van der Waals surface area contributed by atoms with Crippen molar-refractivity contribution >= 4 is 34.4 Å². The summed E-state index contributed by atoms with van der Waals surface area (Å²) >= 11 is 5.91. The second-order valence-corrected chi connectivity index (χ2v) is 7.86. The lowest BCUT2D eigenvalue weighted by Gasteiger charge is -2.16. The van der Waals surface area contributed by atoms with Gasteiger partial charge in [-0.2, -0.15) is 0 Å². The molecule has 2 heterocycles. The monoisotopic (exact) mass is 488 g/mol. The summed E-state index contributed by atoms with van der Waals surface area (Å²) in [6.45, 7) is 0.994. The van der Waals surface area contributed by atoms with Gasteiger partial charge in [-0.1, -0.05) is 17.7 Å². The molecule has 0 spiro atoms. The van der Waals surface area contributed by atoms with Crippen LogP contribution >= 0.6 is 11.6 Å². The number of rotatable bonds is 8. The van der Waals surface area contributed by atoms with Crippen molar-refractivity contribution < 1.29 is 33.3 Å². The van der Waals surface area contributed by atoms with Crippen molar-refractivity contribution in [1.82, 2.24) is 10.6 Å². The summed E-state index contributed by atoms with van der Waals surface area (Å²) in [5.41, 5.74) is 0.943. The lowest BCUT2D eigenvalue weighted by molar-refractivity contribution is -0.131. The Balaban J connectivity index is 1.31. The first-order valence-electron chi connectivity index (χ1n) is 10.3. The molecule has 1 unspecified atom stereocenters. The van der Waals surface area contributed by atoms with Crippen LogP contribution in [0.4, 0.5) is 0 Å². The minimum atomic E-state index is -1.16. The van der Waals surface area contributed by atoms with E-state index < -0.39 is 36.7 Å². The second-order valence-electron chi connectivity index (χ2n) is 7.48. The number of benzene rings is 2. The number of carbonyl (C=O) groups excluding carboxylic acids is 2. The first-order chi connectivity index (χ1) is 16.4. The van der Waals surface area contributed by atoms with Gasteiger partial charge in [-0.25, -0.2) is 4.79 Å². The van der Waals surface area contributed by atoms with Crippen molar-refractivity contribution in [2.75, 3.05) is 20.0 Å². The van der Waals surface area contributed by atoms with Crippen LogP contribution < -0.4 is 30.5 Å². The fourth-order valence-corrected chi connectivity index (χ4v) is 3.49. The van der Waals surface area contributed by atoms with E-state index in [-0.39, 0.29) is 29.7 Å². The number of halogens is 1. The van der Waals surface area contributed by atoms with E-state index in [9.17, 15) is 19.5 Å². The number of amides is 2. The predicted octanol–water partition coefficient (Wildman–Crippen LogP) is 1.66. The maximum atomic E-state index is 12.4. The Morgan fingerprint density at radius 1 is 1.18 bits per heavy atom. The Morgan fingerprint density at radius 3 is 2.76 bits per heavy atom. The number of aliphatic hydroxyl groups excluding tert-OH is 1.